The summed E-state index contributed by atoms with van der Waals surface area (Å²) in [5, 5.41) is 0.357. The third kappa shape index (κ3) is 3.09. The smallest absolute Gasteiger partial charge is 0.133 e. The molecule has 0 aliphatic rings. The first-order valence-corrected chi connectivity index (χ1v) is 6.09. The van der Waals surface area contributed by atoms with Crippen LogP contribution >= 0.6 is 11.6 Å². The molecule has 3 nitrogen and oxygen atoms in total. The van der Waals surface area contributed by atoms with Gasteiger partial charge in [-0.1, -0.05) is 11.6 Å². The number of hydrogen-bond acceptors (Lipinski definition) is 3. The molecule has 0 spiro atoms. The Bertz CT molecular complexity index is 599. The zero-order valence-electron chi connectivity index (χ0n) is 10.2. The van der Waals surface area contributed by atoms with E-state index in [1.165, 1.54) is 12.4 Å². The first-order valence-electron chi connectivity index (χ1n) is 5.72. The van der Waals surface area contributed by atoms with Gasteiger partial charge < -0.3 is 0 Å². The Morgan fingerprint density at radius 3 is 2.45 bits per heavy atom. The van der Waals surface area contributed by atoms with Crippen molar-refractivity contribution >= 4 is 11.6 Å². The van der Waals surface area contributed by atoms with E-state index >= 15 is 0 Å². The summed E-state index contributed by atoms with van der Waals surface area (Å²) in [4.78, 5) is 3.82. The maximum Gasteiger partial charge on any atom is 0.133 e. The van der Waals surface area contributed by atoms with E-state index in [0.717, 1.165) is 0 Å². The molecule has 1 unspecified atom stereocenters. The second-order valence-electron chi connectivity index (χ2n) is 4.17. The van der Waals surface area contributed by atoms with Gasteiger partial charge in [0.15, 0.2) is 0 Å². The molecule has 20 heavy (non-hydrogen) atoms. The average Bonchev–Trinajstić information content (AvgIpc) is 2.38. The standard InChI is InChI=1S/C13H11ClF3N3/c14-9-6-19-2-1-7(9)3-12(20-18)13-10(16)4-8(15)5-11(13)17/h1-2,4-6,12,20H,3,18H2. The van der Waals surface area contributed by atoms with Gasteiger partial charge in [0.1, 0.15) is 17.5 Å². The first-order chi connectivity index (χ1) is 9.52. The van der Waals surface area contributed by atoms with Crippen molar-refractivity contribution in [1.29, 1.82) is 0 Å². The zero-order chi connectivity index (χ0) is 14.7. The number of nitrogens with zero attached hydrogens (tertiary/aromatic N) is 1. The molecule has 1 aromatic heterocycles. The van der Waals surface area contributed by atoms with Gasteiger partial charge in [0, 0.05) is 30.1 Å². The maximum absolute atomic E-state index is 13.7. The van der Waals surface area contributed by atoms with E-state index in [2.05, 4.69) is 10.4 Å². The number of benzene rings is 1. The summed E-state index contributed by atoms with van der Waals surface area (Å²) in [5.41, 5.74) is 2.60. The van der Waals surface area contributed by atoms with Crippen molar-refractivity contribution < 1.29 is 13.2 Å². The van der Waals surface area contributed by atoms with Gasteiger partial charge in [0.25, 0.3) is 0 Å². The second-order valence-corrected chi connectivity index (χ2v) is 4.58. The molecule has 3 N–H and O–H groups in total. The SMILES string of the molecule is NNC(Cc1ccncc1Cl)c1c(F)cc(F)cc1F. The molecule has 0 aliphatic carbocycles. The predicted octanol–water partition coefficient (Wildman–Crippen LogP) is 2.90. The molecule has 0 bridgehead atoms. The number of rotatable bonds is 4. The van der Waals surface area contributed by atoms with Gasteiger partial charge in [-0.3, -0.25) is 16.3 Å². The monoisotopic (exact) mass is 301 g/mol. The topological polar surface area (TPSA) is 50.9 Å². The Hall–Kier alpha value is -1.63. The molecular formula is C13H11ClF3N3. The molecule has 1 heterocycles. The molecule has 0 amide bonds. The maximum atomic E-state index is 13.7. The van der Waals surface area contributed by atoms with Crippen molar-refractivity contribution in [2.24, 2.45) is 5.84 Å². The highest BCUT2D eigenvalue weighted by molar-refractivity contribution is 6.31. The van der Waals surface area contributed by atoms with Crippen molar-refractivity contribution in [2.75, 3.05) is 0 Å². The molecule has 2 rings (SSSR count). The van der Waals surface area contributed by atoms with Gasteiger partial charge in [0.05, 0.1) is 11.1 Å². The summed E-state index contributed by atoms with van der Waals surface area (Å²) in [6.45, 7) is 0. The van der Waals surface area contributed by atoms with E-state index in [1.807, 2.05) is 0 Å². The lowest BCUT2D eigenvalue weighted by Crippen LogP contribution is -2.31. The lowest BCUT2D eigenvalue weighted by Gasteiger charge is -2.18. The zero-order valence-corrected chi connectivity index (χ0v) is 11.0. The summed E-state index contributed by atoms with van der Waals surface area (Å²) >= 11 is 5.94. The highest BCUT2D eigenvalue weighted by Gasteiger charge is 2.21. The highest BCUT2D eigenvalue weighted by Crippen LogP contribution is 2.26. The molecule has 7 heteroatoms. The van der Waals surface area contributed by atoms with Crippen LogP contribution in [0.1, 0.15) is 17.2 Å². The Balaban J connectivity index is 2.37. The fourth-order valence-electron chi connectivity index (χ4n) is 1.92. The van der Waals surface area contributed by atoms with Crippen molar-refractivity contribution in [3.05, 3.63) is 64.2 Å². The summed E-state index contributed by atoms with van der Waals surface area (Å²) in [7, 11) is 0. The van der Waals surface area contributed by atoms with Crippen LogP contribution in [-0.4, -0.2) is 4.98 Å². The van der Waals surface area contributed by atoms with Gasteiger partial charge >= 0.3 is 0 Å². The van der Waals surface area contributed by atoms with E-state index < -0.39 is 23.5 Å². The van der Waals surface area contributed by atoms with E-state index in [-0.39, 0.29) is 12.0 Å². The summed E-state index contributed by atoms with van der Waals surface area (Å²) in [5.74, 6) is 2.35. The van der Waals surface area contributed by atoms with Crippen LogP contribution < -0.4 is 11.3 Å². The number of pyridine rings is 1. The molecule has 106 valence electrons. The van der Waals surface area contributed by atoms with Crippen LogP contribution in [0.5, 0.6) is 0 Å². The highest BCUT2D eigenvalue weighted by atomic mass is 35.5. The number of halogens is 4. The first kappa shape index (κ1) is 14.8. The Labute approximate surface area is 118 Å². The number of nitrogens with two attached hydrogens (primary N) is 1. The average molecular weight is 302 g/mol. The van der Waals surface area contributed by atoms with Crippen molar-refractivity contribution in [3.63, 3.8) is 0 Å². The van der Waals surface area contributed by atoms with Gasteiger partial charge in [-0.05, 0) is 18.1 Å². The van der Waals surface area contributed by atoms with Crippen LogP contribution in [0.4, 0.5) is 13.2 Å². The predicted molar refractivity (Wildman–Crippen MR) is 69.3 cm³/mol. The van der Waals surface area contributed by atoms with Crippen LogP contribution in [0.2, 0.25) is 5.02 Å². The summed E-state index contributed by atoms with van der Waals surface area (Å²) < 4.78 is 40.4. The van der Waals surface area contributed by atoms with Crippen LogP contribution in [0, 0.1) is 17.5 Å². The van der Waals surface area contributed by atoms with Crippen LogP contribution in [-0.2, 0) is 6.42 Å². The van der Waals surface area contributed by atoms with Crippen molar-refractivity contribution in [3.8, 4) is 0 Å². The summed E-state index contributed by atoms with van der Waals surface area (Å²) in [6.07, 6.45) is 3.06. The van der Waals surface area contributed by atoms with E-state index in [4.69, 9.17) is 17.4 Å². The fraction of sp³-hybridized carbons (Fsp3) is 0.154. The van der Waals surface area contributed by atoms with Gasteiger partial charge in [0.2, 0.25) is 0 Å². The van der Waals surface area contributed by atoms with Crippen molar-refractivity contribution in [2.45, 2.75) is 12.5 Å². The van der Waals surface area contributed by atoms with Crippen molar-refractivity contribution in [1.82, 2.24) is 10.4 Å². The number of nitrogens with one attached hydrogen (secondary N) is 1. The lowest BCUT2D eigenvalue weighted by molar-refractivity contribution is 0.462. The van der Waals surface area contributed by atoms with Gasteiger partial charge in [-0.15, -0.1) is 0 Å². The third-order valence-corrected chi connectivity index (χ3v) is 3.21. The summed E-state index contributed by atoms with van der Waals surface area (Å²) in [6, 6.07) is 1.95. The minimum Gasteiger partial charge on any atom is -0.271 e. The quantitative estimate of drug-likeness (QED) is 0.674. The largest absolute Gasteiger partial charge is 0.271 e. The lowest BCUT2D eigenvalue weighted by atomic mass is 9.99. The van der Waals surface area contributed by atoms with Gasteiger partial charge in [-0.2, -0.15) is 0 Å². The molecular weight excluding hydrogens is 291 g/mol. The van der Waals surface area contributed by atoms with Crippen LogP contribution in [0.3, 0.4) is 0 Å². The molecule has 1 aromatic carbocycles. The van der Waals surface area contributed by atoms with Gasteiger partial charge in [-0.25, -0.2) is 13.2 Å². The molecule has 0 aliphatic heterocycles. The fourth-order valence-corrected chi connectivity index (χ4v) is 2.12. The number of hydrazine groups is 1. The molecule has 0 fully saturated rings. The molecule has 0 saturated heterocycles. The van der Waals surface area contributed by atoms with E-state index in [1.54, 1.807) is 6.07 Å². The Kier molecular flexibility index (Phi) is 4.59. The third-order valence-electron chi connectivity index (χ3n) is 2.87. The van der Waals surface area contributed by atoms with E-state index in [9.17, 15) is 13.2 Å². The minimum atomic E-state index is -1.00. The normalized spacial score (nSPS) is 12.4. The molecule has 1 atom stereocenters. The number of aromatic nitrogens is 1. The second kappa shape index (κ2) is 6.21. The Morgan fingerprint density at radius 1 is 1.25 bits per heavy atom. The molecule has 0 radical (unpaired) electrons. The van der Waals surface area contributed by atoms with E-state index in [0.29, 0.717) is 22.7 Å². The molecule has 2 aromatic rings. The van der Waals surface area contributed by atoms with Crippen LogP contribution in [0.15, 0.2) is 30.6 Å². The Morgan fingerprint density at radius 2 is 1.90 bits per heavy atom. The van der Waals surface area contributed by atoms with Crippen LogP contribution in [0.25, 0.3) is 0 Å². The number of hydrogen-bond donors (Lipinski definition) is 2. The minimum absolute atomic E-state index is 0.136. The molecule has 0 saturated carbocycles.